The normalized spacial score (nSPS) is 11.6. The van der Waals surface area contributed by atoms with Gasteiger partial charge in [-0.15, -0.1) is 11.3 Å². The molecule has 1 heterocycles. The maximum atomic E-state index is 13.9. The van der Waals surface area contributed by atoms with Crippen LogP contribution in [0.4, 0.5) is 4.39 Å². The minimum absolute atomic E-state index is 0.0273. The molecule has 20 heavy (non-hydrogen) atoms. The van der Waals surface area contributed by atoms with Crippen molar-refractivity contribution in [3.63, 3.8) is 0 Å². The Morgan fingerprint density at radius 1 is 1.40 bits per heavy atom. The van der Waals surface area contributed by atoms with Crippen LogP contribution in [0.5, 0.6) is 0 Å². The van der Waals surface area contributed by atoms with Crippen LogP contribution >= 0.6 is 11.3 Å². The molecule has 1 N–H and O–H groups in total. The fourth-order valence-electron chi connectivity index (χ4n) is 1.72. The van der Waals surface area contributed by atoms with Crippen molar-refractivity contribution in [2.24, 2.45) is 0 Å². The summed E-state index contributed by atoms with van der Waals surface area (Å²) in [6, 6.07) is 3.98. The number of hydrogen-bond acceptors (Lipinski definition) is 3. The van der Waals surface area contributed by atoms with E-state index in [0.717, 1.165) is 16.8 Å². The molecular formula is C15H16FNO2S. The van der Waals surface area contributed by atoms with E-state index < -0.39 is 11.8 Å². The van der Waals surface area contributed by atoms with Crippen LogP contribution in [0.15, 0.2) is 23.6 Å². The molecule has 2 aromatic rings. The Kier molecular flexibility index (Phi) is 3.90. The molecule has 0 saturated heterocycles. The van der Waals surface area contributed by atoms with Crippen molar-refractivity contribution in [2.75, 3.05) is 0 Å². The number of aromatic nitrogens is 1. The van der Waals surface area contributed by atoms with Crippen LogP contribution in [-0.4, -0.2) is 16.1 Å². The molecule has 0 radical (unpaired) electrons. The van der Waals surface area contributed by atoms with Gasteiger partial charge in [-0.25, -0.2) is 14.2 Å². The number of carbonyl (C=O) groups is 1. The Labute approximate surface area is 121 Å². The Morgan fingerprint density at radius 2 is 2.10 bits per heavy atom. The predicted molar refractivity (Wildman–Crippen MR) is 77.0 cm³/mol. The number of carboxylic acids is 1. The van der Waals surface area contributed by atoms with E-state index in [1.165, 1.54) is 23.5 Å². The zero-order chi connectivity index (χ0) is 14.9. The lowest BCUT2D eigenvalue weighted by Gasteiger charge is -2.14. The first kappa shape index (κ1) is 14.7. The molecule has 0 spiro atoms. The van der Waals surface area contributed by atoms with E-state index >= 15 is 0 Å². The molecule has 5 heteroatoms. The third-order valence-corrected chi connectivity index (χ3v) is 3.81. The van der Waals surface area contributed by atoms with Gasteiger partial charge in [0.2, 0.25) is 0 Å². The molecule has 0 bridgehead atoms. The number of carboxylic acid groups (broad SMARTS) is 1. The molecular weight excluding hydrogens is 277 g/mol. The van der Waals surface area contributed by atoms with Gasteiger partial charge in [0, 0.05) is 17.2 Å². The zero-order valence-electron chi connectivity index (χ0n) is 11.6. The quantitative estimate of drug-likeness (QED) is 0.934. The van der Waals surface area contributed by atoms with Crippen molar-refractivity contribution in [3.8, 4) is 0 Å². The second-order valence-corrected chi connectivity index (χ2v) is 6.61. The van der Waals surface area contributed by atoms with Gasteiger partial charge in [0.1, 0.15) is 5.82 Å². The van der Waals surface area contributed by atoms with Gasteiger partial charge in [-0.1, -0.05) is 26.8 Å². The minimum Gasteiger partial charge on any atom is -0.478 e. The third-order valence-electron chi connectivity index (χ3n) is 2.96. The van der Waals surface area contributed by atoms with Gasteiger partial charge in [0.25, 0.3) is 0 Å². The second-order valence-electron chi connectivity index (χ2n) is 5.66. The van der Waals surface area contributed by atoms with Gasteiger partial charge >= 0.3 is 5.97 Å². The molecule has 106 valence electrons. The average molecular weight is 293 g/mol. The monoisotopic (exact) mass is 293 g/mol. The van der Waals surface area contributed by atoms with Gasteiger partial charge in [-0.3, -0.25) is 0 Å². The highest BCUT2D eigenvalue weighted by Gasteiger charge is 2.18. The molecule has 0 amide bonds. The van der Waals surface area contributed by atoms with E-state index in [2.05, 4.69) is 25.8 Å². The summed E-state index contributed by atoms with van der Waals surface area (Å²) in [5.41, 5.74) is 1.38. The molecule has 0 saturated carbocycles. The van der Waals surface area contributed by atoms with Crippen LogP contribution in [0.2, 0.25) is 0 Å². The SMILES string of the molecule is CC(C)(C)c1csc(Cc2ccc(C(=O)O)cc2F)n1. The van der Waals surface area contributed by atoms with Gasteiger partial charge < -0.3 is 5.11 Å². The molecule has 0 aliphatic rings. The Morgan fingerprint density at radius 3 is 2.60 bits per heavy atom. The number of aromatic carboxylic acids is 1. The summed E-state index contributed by atoms with van der Waals surface area (Å²) in [4.78, 5) is 15.3. The van der Waals surface area contributed by atoms with Crippen LogP contribution < -0.4 is 0 Å². The van der Waals surface area contributed by atoms with Crippen LogP contribution in [-0.2, 0) is 11.8 Å². The van der Waals surface area contributed by atoms with Crippen molar-refractivity contribution < 1.29 is 14.3 Å². The van der Waals surface area contributed by atoms with E-state index in [0.29, 0.717) is 12.0 Å². The molecule has 0 fully saturated rings. The van der Waals surface area contributed by atoms with Gasteiger partial charge in [-0.2, -0.15) is 0 Å². The summed E-state index contributed by atoms with van der Waals surface area (Å²) in [6.07, 6.45) is 0.381. The molecule has 3 nitrogen and oxygen atoms in total. The summed E-state index contributed by atoms with van der Waals surface area (Å²) in [5, 5.41) is 11.6. The van der Waals surface area contributed by atoms with Gasteiger partial charge in [-0.05, 0) is 17.7 Å². The standard InChI is InChI=1S/C15H16FNO2S/c1-15(2,3)12-8-20-13(17-12)7-9-4-5-10(14(18)19)6-11(9)16/h4-6,8H,7H2,1-3H3,(H,18,19). The van der Waals surface area contributed by atoms with Crippen molar-refractivity contribution in [3.05, 3.63) is 51.2 Å². The Hall–Kier alpha value is -1.75. The Bertz CT molecular complexity index is 644. The Balaban J connectivity index is 2.22. The highest BCUT2D eigenvalue weighted by atomic mass is 32.1. The summed E-state index contributed by atoms with van der Waals surface area (Å²) < 4.78 is 13.9. The first-order valence-electron chi connectivity index (χ1n) is 6.24. The zero-order valence-corrected chi connectivity index (χ0v) is 12.4. The maximum Gasteiger partial charge on any atom is 0.335 e. The largest absolute Gasteiger partial charge is 0.478 e. The lowest BCUT2D eigenvalue weighted by Crippen LogP contribution is -2.11. The highest BCUT2D eigenvalue weighted by molar-refractivity contribution is 7.09. The average Bonchev–Trinajstić information content (AvgIpc) is 2.80. The predicted octanol–water partition coefficient (Wildman–Crippen LogP) is 3.87. The number of halogens is 1. The summed E-state index contributed by atoms with van der Waals surface area (Å²) in [5.74, 6) is -1.63. The fraction of sp³-hybridized carbons (Fsp3) is 0.333. The third kappa shape index (κ3) is 3.22. The second kappa shape index (κ2) is 5.32. The van der Waals surface area contributed by atoms with Crippen molar-refractivity contribution in [2.45, 2.75) is 32.6 Å². The number of benzene rings is 1. The molecule has 1 aromatic heterocycles. The van der Waals surface area contributed by atoms with E-state index in [4.69, 9.17) is 5.11 Å². The first-order chi connectivity index (χ1) is 9.27. The lowest BCUT2D eigenvalue weighted by molar-refractivity contribution is 0.0696. The molecule has 0 aliphatic heterocycles. The van der Waals surface area contributed by atoms with Gasteiger partial charge in [0.15, 0.2) is 0 Å². The smallest absolute Gasteiger partial charge is 0.335 e. The van der Waals surface area contributed by atoms with Crippen molar-refractivity contribution in [1.29, 1.82) is 0 Å². The van der Waals surface area contributed by atoms with Crippen molar-refractivity contribution in [1.82, 2.24) is 4.98 Å². The van der Waals surface area contributed by atoms with Crippen molar-refractivity contribution >= 4 is 17.3 Å². The van der Waals surface area contributed by atoms with Crippen LogP contribution in [0.25, 0.3) is 0 Å². The minimum atomic E-state index is -1.13. The maximum absolute atomic E-state index is 13.9. The summed E-state index contributed by atoms with van der Waals surface area (Å²) in [6.45, 7) is 6.23. The summed E-state index contributed by atoms with van der Waals surface area (Å²) in [7, 11) is 0. The molecule has 2 rings (SSSR count). The van der Waals surface area contributed by atoms with Crippen LogP contribution in [0, 0.1) is 5.82 Å². The fourth-order valence-corrected chi connectivity index (χ4v) is 2.77. The van der Waals surface area contributed by atoms with Crippen LogP contribution in [0.1, 0.15) is 47.4 Å². The first-order valence-corrected chi connectivity index (χ1v) is 7.12. The lowest BCUT2D eigenvalue weighted by atomic mass is 9.93. The highest BCUT2D eigenvalue weighted by Crippen LogP contribution is 2.25. The molecule has 1 aromatic carbocycles. The van der Waals surface area contributed by atoms with E-state index in [1.54, 1.807) is 0 Å². The number of thiazole rings is 1. The topological polar surface area (TPSA) is 50.2 Å². The molecule has 0 unspecified atom stereocenters. The number of nitrogens with zero attached hydrogens (tertiary/aromatic N) is 1. The number of hydrogen-bond donors (Lipinski definition) is 1. The number of rotatable bonds is 3. The van der Waals surface area contributed by atoms with E-state index in [9.17, 15) is 9.18 Å². The van der Waals surface area contributed by atoms with Gasteiger partial charge in [0.05, 0.1) is 16.3 Å². The molecule has 0 atom stereocenters. The molecule has 0 aliphatic carbocycles. The van der Waals surface area contributed by atoms with E-state index in [-0.39, 0.29) is 11.0 Å². The summed E-state index contributed by atoms with van der Waals surface area (Å²) >= 11 is 1.50. The van der Waals surface area contributed by atoms with Crippen LogP contribution in [0.3, 0.4) is 0 Å². The van der Waals surface area contributed by atoms with E-state index in [1.807, 2.05) is 5.38 Å².